The number of urea groups is 1. The molecule has 11 nitrogen and oxygen atoms in total. The summed E-state index contributed by atoms with van der Waals surface area (Å²) in [5, 5.41) is 3.58. The van der Waals surface area contributed by atoms with Crippen LogP contribution in [0.4, 0.5) is 9.18 Å². The Morgan fingerprint density at radius 3 is 2.77 bits per heavy atom. The number of allylic oxidation sites excluding steroid dienone is 1. The average molecular weight is 646 g/mol. The number of benzene rings is 2. The van der Waals surface area contributed by atoms with Gasteiger partial charge >= 0.3 is 12.0 Å². The number of aryl methyl sites for hydroxylation is 1. The minimum Gasteiger partial charge on any atom is -0.496 e. The van der Waals surface area contributed by atoms with Gasteiger partial charge in [0.2, 0.25) is 11.8 Å². The third-order valence-corrected chi connectivity index (χ3v) is 9.24. The van der Waals surface area contributed by atoms with Crippen molar-refractivity contribution >= 4 is 28.8 Å². The number of hydrogen-bond donors (Lipinski definition) is 1. The van der Waals surface area contributed by atoms with Gasteiger partial charge in [-0.15, -0.1) is 0 Å². The molecule has 1 aliphatic carbocycles. The van der Waals surface area contributed by atoms with Crippen LogP contribution < -0.4 is 14.8 Å². The highest BCUT2D eigenvalue weighted by Gasteiger charge is 2.62. The number of fused-ring (bicyclic) bond motifs is 3. The lowest BCUT2D eigenvalue weighted by Gasteiger charge is -2.30. The van der Waals surface area contributed by atoms with Gasteiger partial charge in [-0.3, -0.25) is 4.79 Å². The van der Waals surface area contributed by atoms with E-state index in [0.717, 1.165) is 24.8 Å². The second-order valence-electron chi connectivity index (χ2n) is 12.4. The first-order valence-electron chi connectivity index (χ1n) is 16.1. The monoisotopic (exact) mass is 645 g/mol. The lowest BCUT2D eigenvalue weighted by Crippen LogP contribution is -2.55. The predicted molar refractivity (Wildman–Crippen MR) is 172 cm³/mol. The van der Waals surface area contributed by atoms with E-state index in [1.54, 1.807) is 50.2 Å². The summed E-state index contributed by atoms with van der Waals surface area (Å²) in [6, 6.07) is 8.40. The molecule has 1 saturated heterocycles. The van der Waals surface area contributed by atoms with E-state index in [4.69, 9.17) is 24.2 Å². The molecule has 2 fully saturated rings. The maximum atomic E-state index is 14.2. The van der Waals surface area contributed by atoms with E-state index in [2.05, 4.69) is 5.32 Å². The smallest absolute Gasteiger partial charge is 0.332 e. The van der Waals surface area contributed by atoms with Crippen LogP contribution in [0.3, 0.4) is 0 Å². The number of amides is 3. The Morgan fingerprint density at radius 2 is 2.00 bits per heavy atom. The largest absolute Gasteiger partial charge is 0.496 e. The summed E-state index contributed by atoms with van der Waals surface area (Å²) in [6.07, 6.45) is 6.50. The van der Waals surface area contributed by atoms with E-state index >= 15 is 0 Å². The van der Waals surface area contributed by atoms with Crippen LogP contribution in [0.5, 0.6) is 11.6 Å². The molecule has 3 aliphatic rings. The Labute approximate surface area is 273 Å². The summed E-state index contributed by atoms with van der Waals surface area (Å²) >= 11 is 0. The minimum absolute atomic E-state index is 0.118. The molecule has 3 heterocycles. The summed E-state index contributed by atoms with van der Waals surface area (Å²) in [5.41, 5.74) is 0.637. The zero-order valence-electron chi connectivity index (χ0n) is 27.1. The van der Waals surface area contributed by atoms with E-state index in [9.17, 15) is 18.8 Å². The Balaban J connectivity index is 1.35. The molecular weight excluding hydrogens is 605 g/mol. The number of nitrogens with one attached hydrogen (secondary N) is 1. The first-order chi connectivity index (χ1) is 22.6. The number of methoxy groups -OCH3 is 1. The van der Waals surface area contributed by atoms with Crippen LogP contribution in [0.25, 0.3) is 22.3 Å². The number of esters is 1. The Hall–Kier alpha value is -4.74. The maximum absolute atomic E-state index is 14.2. The summed E-state index contributed by atoms with van der Waals surface area (Å²) in [6.45, 7) is 4.45. The fourth-order valence-electron chi connectivity index (χ4n) is 6.55. The molecule has 6 rings (SSSR count). The number of halogens is 1. The molecule has 4 atom stereocenters. The van der Waals surface area contributed by atoms with Gasteiger partial charge in [-0.1, -0.05) is 24.3 Å². The van der Waals surface area contributed by atoms with E-state index in [1.165, 1.54) is 17.0 Å². The molecule has 0 radical (unpaired) electrons. The van der Waals surface area contributed by atoms with Gasteiger partial charge in [0.05, 0.1) is 31.2 Å². The molecule has 3 aromatic rings. The summed E-state index contributed by atoms with van der Waals surface area (Å²) in [7, 11) is 3.30. The van der Waals surface area contributed by atoms with Crippen LogP contribution in [-0.4, -0.2) is 89.2 Å². The average Bonchev–Trinajstić information content (AvgIpc) is 3.59. The van der Waals surface area contributed by atoms with E-state index in [0.29, 0.717) is 35.2 Å². The van der Waals surface area contributed by atoms with Crippen molar-refractivity contribution in [2.45, 2.75) is 63.6 Å². The first-order valence-corrected chi connectivity index (χ1v) is 16.1. The molecule has 0 bridgehead atoms. The first kappa shape index (κ1) is 32.2. The third kappa shape index (κ3) is 6.33. The Kier molecular flexibility index (Phi) is 9.03. The van der Waals surface area contributed by atoms with Crippen LogP contribution in [0.15, 0.2) is 48.6 Å². The lowest BCUT2D eigenvalue weighted by molar-refractivity contribution is -0.149. The second kappa shape index (κ2) is 13.2. The number of nitrogens with zero attached hydrogens (tertiary/aromatic N) is 4. The molecule has 4 unspecified atom stereocenters. The fourth-order valence-corrected chi connectivity index (χ4v) is 6.55. The van der Waals surface area contributed by atoms with Gasteiger partial charge in [-0.2, -0.15) is 4.98 Å². The molecular formula is C35H40FN5O6. The zero-order chi connectivity index (χ0) is 33.3. The highest BCUT2D eigenvalue weighted by molar-refractivity contribution is 5.95. The van der Waals surface area contributed by atoms with Crippen molar-refractivity contribution in [1.82, 2.24) is 25.1 Å². The molecule has 2 aliphatic heterocycles. The fraction of sp³-hybridized carbons (Fsp3) is 0.457. The number of carbonyl (C=O) groups is 3. The quantitative estimate of drug-likeness (QED) is 0.300. The van der Waals surface area contributed by atoms with Crippen molar-refractivity contribution in [1.29, 1.82) is 0 Å². The predicted octanol–water partition coefficient (Wildman–Crippen LogP) is 4.80. The summed E-state index contributed by atoms with van der Waals surface area (Å²) in [5.74, 6) is -0.388. The number of rotatable bonds is 6. The van der Waals surface area contributed by atoms with Crippen molar-refractivity contribution in [3.63, 3.8) is 0 Å². The van der Waals surface area contributed by atoms with Crippen molar-refractivity contribution in [3.8, 4) is 23.0 Å². The van der Waals surface area contributed by atoms with Gasteiger partial charge < -0.3 is 29.3 Å². The number of ether oxygens (including phenoxy) is 3. The lowest BCUT2D eigenvalue weighted by atomic mass is 10.1. The molecule has 248 valence electrons. The zero-order valence-corrected chi connectivity index (χ0v) is 27.1. The van der Waals surface area contributed by atoms with Gasteiger partial charge in [-0.05, 0) is 63.8 Å². The highest BCUT2D eigenvalue weighted by atomic mass is 19.1. The van der Waals surface area contributed by atoms with Crippen molar-refractivity contribution in [3.05, 3.63) is 59.9 Å². The Morgan fingerprint density at radius 1 is 1.17 bits per heavy atom. The molecule has 1 saturated carbocycles. The third-order valence-electron chi connectivity index (χ3n) is 9.24. The molecule has 0 spiro atoms. The van der Waals surface area contributed by atoms with Crippen molar-refractivity contribution in [2.75, 3.05) is 33.9 Å². The number of aromatic nitrogens is 2. The number of carbonyl (C=O) groups excluding carboxylic acids is 3. The van der Waals surface area contributed by atoms with Crippen LogP contribution >= 0.6 is 0 Å². The number of hydrogen-bond acceptors (Lipinski definition) is 8. The topological polar surface area (TPSA) is 123 Å². The maximum Gasteiger partial charge on any atom is 0.332 e. The van der Waals surface area contributed by atoms with Gasteiger partial charge in [0.25, 0.3) is 0 Å². The van der Waals surface area contributed by atoms with Crippen LogP contribution in [0.2, 0.25) is 0 Å². The molecule has 47 heavy (non-hydrogen) atoms. The second-order valence-corrected chi connectivity index (χ2v) is 12.4. The van der Waals surface area contributed by atoms with Crippen LogP contribution in [-0.2, 0) is 14.3 Å². The van der Waals surface area contributed by atoms with Gasteiger partial charge in [0, 0.05) is 37.1 Å². The van der Waals surface area contributed by atoms with Gasteiger partial charge in [0.15, 0.2) is 5.82 Å². The van der Waals surface area contributed by atoms with Crippen LogP contribution in [0.1, 0.15) is 44.6 Å². The normalized spacial score (nSPS) is 24.7. The van der Waals surface area contributed by atoms with Gasteiger partial charge in [-0.25, -0.2) is 19.0 Å². The molecule has 1 aromatic heterocycles. The van der Waals surface area contributed by atoms with E-state index in [1.807, 2.05) is 19.1 Å². The minimum atomic E-state index is -1.16. The van der Waals surface area contributed by atoms with Crippen molar-refractivity contribution in [2.24, 2.45) is 5.92 Å². The van der Waals surface area contributed by atoms with Gasteiger partial charge in [0.1, 0.15) is 29.3 Å². The highest BCUT2D eigenvalue weighted by Crippen LogP contribution is 2.46. The van der Waals surface area contributed by atoms with Crippen LogP contribution in [0, 0.1) is 18.7 Å². The summed E-state index contributed by atoms with van der Waals surface area (Å²) < 4.78 is 31.6. The SMILES string of the molecule is CCOC(=O)C12CC1C=CCCCCN(C)C(=O)N1CC(Oc3nc(-c4cccc(F)c4)nc4c(C)c(OC)ccc34)CC1C(=O)N2. The van der Waals surface area contributed by atoms with E-state index < -0.39 is 35.4 Å². The molecule has 1 N–H and O–H groups in total. The Bertz CT molecular complexity index is 1730. The molecule has 3 amide bonds. The standard InChI is InChI=1S/C35H40FN5O6/c1-5-46-33(43)35-19-23(35)12-8-6-7-9-16-40(3)34(44)41-20-25(18-27(41)31(42)39-35)47-32-26-14-15-28(45-4)21(2)29(26)37-30(38-32)22-11-10-13-24(36)17-22/h8,10-15,17,23,25,27H,5-7,9,16,18-20H2,1-4H3,(H,39,42). The molecule has 2 aromatic carbocycles. The van der Waals surface area contributed by atoms with E-state index in [-0.39, 0.29) is 43.2 Å². The summed E-state index contributed by atoms with van der Waals surface area (Å²) in [4.78, 5) is 53.4. The van der Waals surface area contributed by atoms with Crippen molar-refractivity contribution < 1.29 is 33.0 Å². The molecule has 12 heteroatoms.